The number of ether oxygens (including phenoxy) is 2. The number of esters is 1. The van der Waals surface area contributed by atoms with E-state index in [0.29, 0.717) is 17.1 Å². The number of carbonyl (C=O) groups excluding carboxylic acids is 1. The number of hydrogen-bond donors (Lipinski definition) is 1. The number of sulfonamides is 1. The molecule has 0 spiro atoms. The molecular weight excluding hydrogens is 356 g/mol. The number of carbonyl (C=O) groups is 1. The van der Waals surface area contributed by atoms with Gasteiger partial charge in [0.15, 0.2) is 0 Å². The van der Waals surface area contributed by atoms with E-state index in [1.165, 1.54) is 25.3 Å². The van der Waals surface area contributed by atoms with Crippen molar-refractivity contribution in [1.29, 1.82) is 0 Å². The van der Waals surface area contributed by atoms with Gasteiger partial charge in [0.1, 0.15) is 11.5 Å². The molecule has 0 fully saturated rings. The maximum atomic E-state index is 12.2. The molecule has 8 heteroatoms. The second-order valence-electron chi connectivity index (χ2n) is 5.65. The maximum absolute atomic E-state index is 12.2. The number of hydrogen-bond acceptors (Lipinski definition) is 6. The smallest absolute Gasteiger partial charge is 0.308 e. The summed E-state index contributed by atoms with van der Waals surface area (Å²) in [6, 6.07) is 12.5. The van der Waals surface area contributed by atoms with Gasteiger partial charge in [-0.2, -0.15) is 13.5 Å². The van der Waals surface area contributed by atoms with Crippen LogP contribution >= 0.6 is 0 Å². The summed E-state index contributed by atoms with van der Waals surface area (Å²) in [5.74, 6) is 0.582. The van der Waals surface area contributed by atoms with Crippen LogP contribution in [0.4, 0.5) is 0 Å². The molecule has 0 aliphatic heterocycles. The molecule has 26 heavy (non-hydrogen) atoms. The number of hydrazone groups is 1. The van der Waals surface area contributed by atoms with Crippen LogP contribution in [0, 0.1) is 0 Å². The van der Waals surface area contributed by atoms with Crippen molar-refractivity contribution >= 4 is 22.2 Å². The van der Waals surface area contributed by atoms with Crippen LogP contribution in [0.3, 0.4) is 0 Å². The van der Waals surface area contributed by atoms with Crippen LogP contribution in [0.2, 0.25) is 0 Å². The molecule has 0 aliphatic rings. The fourth-order valence-electron chi connectivity index (χ4n) is 1.98. The summed E-state index contributed by atoms with van der Waals surface area (Å²) in [6.07, 6.45) is 1.36. The molecule has 0 aromatic heterocycles. The van der Waals surface area contributed by atoms with Crippen LogP contribution in [0.1, 0.15) is 26.3 Å². The van der Waals surface area contributed by atoms with Gasteiger partial charge < -0.3 is 9.47 Å². The van der Waals surface area contributed by atoms with E-state index in [1.807, 2.05) is 13.8 Å². The molecule has 0 amide bonds. The summed E-state index contributed by atoms with van der Waals surface area (Å²) in [4.78, 5) is 13.1. The Kier molecular flexibility index (Phi) is 6.35. The zero-order chi connectivity index (χ0) is 19.2. The first kappa shape index (κ1) is 19.5. The summed E-state index contributed by atoms with van der Waals surface area (Å²) < 4.78 is 34.8. The Morgan fingerprint density at radius 3 is 2.15 bits per heavy atom. The molecule has 0 saturated carbocycles. The molecule has 0 saturated heterocycles. The molecule has 2 aromatic rings. The van der Waals surface area contributed by atoms with E-state index in [2.05, 4.69) is 9.93 Å². The van der Waals surface area contributed by atoms with Gasteiger partial charge in [-0.05, 0) is 67.9 Å². The van der Waals surface area contributed by atoms with E-state index in [0.717, 1.165) is 0 Å². The van der Waals surface area contributed by atoms with Gasteiger partial charge in [-0.3, -0.25) is 4.79 Å². The van der Waals surface area contributed by atoms with Crippen LogP contribution in [0.15, 0.2) is 58.5 Å². The third kappa shape index (κ3) is 5.89. The zero-order valence-electron chi connectivity index (χ0n) is 14.7. The molecular formula is C18H20N2O5S. The number of benzene rings is 2. The van der Waals surface area contributed by atoms with E-state index >= 15 is 0 Å². The Morgan fingerprint density at radius 1 is 1.04 bits per heavy atom. The second kappa shape index (κ2) is 8.48. The van der Waals surface area contributed by atoms with Crippen LogP contribution in [-0.4, -0.2) is 26.7 Å². The van der Waals surface area contributed by atoms with Crippen molar-refractivity contribution in [3.8, 4) is 11.5 Å². The topological polar surface area (TPSA) is 94.1 Å². The molecule has 0 bridgehead atoms. The van der Waals surface area contributed by atoms with Crippen LogP contribution in [-0.2, 0) is 14.8 Å². The SMILES string of the molecule is CC(=O)Oc1ccc(/C=N/NS(=O)(=O)c2ccc(OC(C)C)cc2)cc1. The quantitative estimate of drug-likeness (QED) is 0.347. The fraction of sp³-hybridized carbons (Fsp3) is 0.222. The van der Waals surface area contributed by atoms with Gasteiger partial charge in [0.05, 0.1) is 17.2 Å². The third-order valence-electron chi connectivity index (χ3n) is 3.03. The summed E-state index contributed by atoms with van der Waals surface area (Å²) in [6.45, 7) is 5.09. The first-order valence-electron chi connectivity index (χ1n) is 7.86. The lowest BCUT2D eigenvalue weighted by Gasteiger charge is -2.10. The highest BCUT2D eigenvalue weighted by Gasteiger charge is 2.12. The molecule has 2 rings (SSSR count). The average molecular weight is 376 g/mol. The van der Waals surface area contributed by atoms with Crippen molar-refractivity contribution in [2.24, 2.45) is 5.10 Å². The van der Waals surface area contributed by atoms with Crippen molar-refractivity contribution in [2.75, 3.05) is 0 Å². The van der Waals surface area contributed by atoms with Gasteiger partial charge in [-0.15, -0.1) is 0 Å². The lowest BCUT2D eigenvalue weighted by Crippen LogP contribution is -2.18. The third-order valence-corrected chi connectivity index (χ3v) is 4.27. The first-order chi connectivity index (χ1) is 12.3. The Balaban J connectivity index is 2.00. The van der Waals surface area contributed by atoms with E-state index in [4.69, 9.17) is 9.47 Å². The molecule has 0 atom stereocenters. The summed E-state index contributed by atoms with van der Waals surface area (Å²) >= 11 is 0. The van der Waals surface area contributed by atoms with Crippen LogP contribution < -0.4 is 14.3 Å². The molecule has 138 valence electrons. The van der Waals surface area contributed by atoms with Gasteiger partial charge in [-0.25, -0.2) is 4.83 Å². The predicted octanol–water partition coefficient (Wildman–Crippen LogP) is 2.71. The highest BCUT2D eigenvalue weighted by Crippen LogP contribution is 2.17. The highest BCUT2D eigenvalue weighted by atomic mass is 32.2. The summed E-state index contributed by atoms with van der Waals surface area (Å²) in [5.41, 5.74) is 0.643. The van der Waals surface area contributed by atoms with Gasteiger partial charge >= 0.3 is 5.97 Å². The minimum atomic E-state index is -3.77. The van der Waals surface area contributed by atoms with E-state index < -0.39 is 16.0 Å². The van der Waals surface area contributed by atoms with E-state index in [9.17, 15) is 13.2 Å². The van der Waals surface area contributed by atoms with Crippen molar-refractivity contribution in [2.45, 2.75) is 31.8 Å². The minimum Gasteiger partial charge on any atom is -0.491 e. The summed E-state index contributed by atoms with van der Waals surface area (Å²) in [7, 11) is -3.77. The first-order valence-corrected chi connectivity index (χ1v) is 9.34. The van der Waals surface area contributed by atoms with Crippen molar-refractivity contribution in [1.82, 2.24) is 4.83 Å². The van der Waals surface area contributed by atoms with Crippen LogP contribution in [0.25, 0.3) is 0 Å². The standard InChI is InChI=1S/C18H20N2O5S/c1-13(2)24-16-8-10-18(11-9-16)26(22,23)20-19-12-15-4-6-17(7-5-15)25-14(3)21/h4-13,20H,1-3H3/b19-12+. The Bertz CT molecular complexity index is 873. The minimum absolute atomic E-state index is 0.00687. The lowest BCUT2D eigenvalue weighted by molar-refractivity contribution is -0.131. The maximum Gasteiger partial charge on any atom is 0.308 e. The number of nitrogens with zero attached hydrogens (tertiary/aromatic N) is 1. The molecule has 7 nitrogen and oxygen atoms in total. The molecule has 1 N–H and O–H groups in total. The largest absolute Gasteiger partial charge is 0.491 e. The van der Waals surface area contributed by atoms with Gasteiger partial charge in [0.25, 0.3) is 10.0 Å². The van der Waals surface area contributed by atoms with Gasteiger partial charge in [0, 0.05) is 6.92 Å². The van der Waals surface area contributed by atoms with Crippen molar-refractivity contribution in [3.63, 3.8) is 0 Å². The van der Waals surface area contributed by atoms with Gasteiger partial charge in [0.2, 0.25) is 0 Å². The number of rotatable bonds is 7. The lowest BCUT2D eigenvalue weighted by atomic mass is 10.2. The average Bonchev–Trinajstić information content (AvgIpc) is 2.56. The van der Waals surface area contributed by atoms with Crippen molar-refractivity contribution < 1.29 is 22.7 Å². The molecule has 2 aromatic carbocycles. The normalized spacial score (nSPS) is 11.5. The Hall–Kier alpha value is -2.87. The van der Waals surface area contributed by atoms with Crippen LogP contribution in [0.5, 0.6) is 11.5 Å². The molecule has 0 aliphatic carbocycles. The molecule has 0 heterocycles. The monoisotopic (exact) mass is 376 g/mol. The molecule has 0 radical (unpaired) electrons. The second-order valence-corrected chi connectivity index (χ2v) is 7.31. The van der Waals surface area contributed by atoms with Gasteiger partial charge in [-0.1, -0.05) is 0 Å². The molecule has 0 unspecified atom stereocenters. The zero-order valence-corrected chi connectivity index (χ0v) is 15.5. The van der Waals surface area contributed by atoms with Crippen molar-refractivity contribution in [3.05, 3.63) is 54.1 Å². The Morgan fingerprint density at radius 2 is 1.62 bits per heavy atom. The fourth-order valence-corrected chi connectivity index (χ4v) is 2.77. The van der Waals surface area contributed by atoms with E-state index in [1.54, 1.807) is 36.4 Å². The Labute approximate surface area is 152 Å². The predicted molar refractivity (Wildman–Crippen MR) is 97.9 cm³/mol. The summed E-state index contributed by atoms with van der Waals surface area (Å²) in [5, 5.41) is 3.75. The van der Waals surface area contributed by atoms with E-state index in [-0.39, 0.29) is 11.0 Å². The number of nitrogens with one attached hydrogen (secondary N) is 1. The highest BCUT2D eigenvalue weighted by molar-refractivity contribution is 7.89.